The fourth-order valence-corrected chi connectivity index (χ4v) is 2.80. The monoisotopic (exact) mass is 328 g/mol. The van der Waals surface area contributed by atoms with Gasteiger partial charge in [-0.25, -0.2) is 0 Å². The summed E-state index contributed by atoms with van der Waals surface area (Å²) >= 11 is 3.34. The van der Waals surface area contributed by atoms with Gasteiger partial charge in [0.05, 0.1) is 5.41 Å². The highest BCUT2D eigenvalue weighted by molar-refractivity contribution is 9.10. The molecule has 1 aliphatic rings. The predicted octanol–water partition coefficient (Wildman–Crippen LogP) is 2.26. The minimum Gasteiger partial charge on any atom is -0.481 e. The molecule has 0 aliphatic heterocycles. The van der Waals surface area contributed by atoms with Gasteiger partial charge in [-0.1, -0.05) is 6.42 Å². The Morgan fingerprint density at radius 2 is 2.21 bits per heavy atom. The van der Waals surface area contributed by atoms with Crippen LogP contribution in [0.1, 0.15) is 36.7 Å². The second-order valence-electron chi connectivity index (χ2n) is 4.95. The van der Waals surface area contributed by atoms with Crippen molar-refractivity contribution >= 4 is 27.8 Å². The first-order valence-electron chi connectivity index (χ1n) is 6.36. The number of rotatable bonds is 5. The highest BCUT2D eigenvalue weighted by atomic mass is 79.9. The fourth-order valence-electron chi connectivity index (χ4n) is 2.34. The number of halogens is 1. The molecule has 1 fully saturated rings. The minimum absolute atomic E-state index is 0.202. The highest BCUT2D eigenvalue weighted by Gasteiger charge is 2.44. The largest absolute Gasteiger partial charge is 0.481 e. The first kappa shape index (κ1) is 14.1. The first-order chi connectivity index (χ1) is 8.98. The van der Waals surface area contributed by atoms with E-state index in [4.69, 9.17) is 0 Å². The van der Waals surface area contributed by atoms with Crippen LogP contribution >= 0.6 is 15.9 Å². The zero-order valence-electron chi connectivity index (χ0n) is 10.8. The van der Waals surface area contributed by atoms with E-state index in [0.717, 1.165) is 10.9 Å². The third-order valence-corrected chi connectivity index (χ3v) is 4.22. The lowest BCUT2D eigenvalue weighted by Crippen LogP contribution is -2.47. The molecule has 6 heteroatoms. The molecule has 1 saturated carbocycles. The zero-order valence-corrected chi connectivity index (χ0v) is 12.4. The second kappa shape index (κ2) is 5.36. The van der Waals surface area contributed by atoms with Gasteiger partial charge in [0.25, 0.3) is 5.91 Å². The molecule has 0 unspecified atom stereocenters. The van der Waals surface area contributed by atoms with Gasteiger partial charge in [-0.15, -0.1) is 0 Å². The molecule has 0 aromatic carbocycles. The summed E-state index contributed by atoms with van der Waals surface area (Å²) in [6.07, 6.45) is 4.03. The Morgan fingerprint density at radius 3 is 2.68 bits per heavy atom. The van der Waals surface area contributed by atoms with E-state index in [-0.39, 0.29) is 12.5 Å². The molecular weight excluding hydrogens is 312 g/mol. The van der Waals surface area contributed by atoms with Crippen LogP contribution in [0.25, 0.3) is 0 Å². The van der Waals surface area contributed by atoms with E-state index in [2.05, 4.69) is 21.2 Å². The van der Waals surface area contributed by atoms with Gasteiger partial charge in [0.15, 0.2) is 0 Å². The lowest BCUT2D eigenvalue weighted by molar-refractivity contribution is -0.153. The summed E-state index contributed by atoms with van der Waals surface area (Å²) in [5.41, 5.74) is -0.203. The van der Waals surface area contributed by atoms with Gasteiger partial charge in [0.1, 0.15) is 5.69 Å². The fraction of sp³-hybridized carbons (Fsp3) is 0.538. The van der Waals surface area contributed by atoms with Crippen molar-refractivity contribution in [3.8, 4) is 0 Å². The van der Waals surface area contributed by atoms with Crippen LogP contribution in [-0.2, 0) is 11.3 Å². The summed E-state index contributed by atoms with van der Waals surface area (Å²) in [5, 5.41) is 12.0. The van der Waals surface area contributed by atoms with E-state index >= 15 is 0 Å². The number of aliphatic carboxylic acids is 1. The topological polar surface area (TPSA) is 71.3 Å². The van der Waals surface area contributed by atoms with E-state index < -0.39 is 11.4 Å². The van der Waals surface area contributed by atoms with E-state index in [1.54, 1.807) is 6.07 Å². The zero-order chi connectivity index (χ0) is 14.0. The second-order valence-corrected chi connectivity index (χ2v) is 5.87. The molecule has 2 N–H and O–H groups in total. The maximum Gasteiger partial charge on any atom is 0.311 e. The lowest BCUT2D eigenvalue weighted by Gasteiger charge is -2.37. The van der Waals surface area contributed by atoms with Crippen LogP contribution < -0.4 is 5.32 Å². The summed E-state index contributed by atoms with van der Waals surface area (Å²) in [5.74, 6) is -1.04. The minimum atomic E-state index is -0.814. The summed E-state index contributed by atoms with van der Waals surface area (Å²) in [6, 6.07) is 1.74. The van der Waals surface area contributed by atoms with Crippen molar-refractivity contribution in [1.29, 1.82) is 0 Å². The van der Waals surface area contributed by atoms with E-state index in [1.165, 1.54) is 0 Å². The van der Waals surface area contributed by atoms with Crippen LogP contribution in [0.15, 0.2) is 16.7 Å². The average molecular weight is 329 g/mol. The number of hydrogen-bond acceptors (Lipinski definition) is 2. The Morgan fingerprint density at radius 1 is 1.53 bits per heavy atom. The summed E-state index contributed by atoms with van der Waals surface area (Å²) in [6.45, 7) is 2.85. The van der Waals surface area contributed by atoms with Gasteiger partial charge >= 0.3 is 5.97 Å². The molecule has 0 bridgehead atoms. The molecule has 19 heavy (non-hydrogen) atoms. The lowest BCUT2D eigenvalue weighted by atomic mass is 9.69. The molecule has 1 heterocycles. The smallest absolute Gasteiger partial charge is 0.311 e. The first-order valence-corrected chi connectivity index (χ1v) is 7.15. The van der Waals surface area contributed by atoms with Gasteiger partial charge in [-0.2, -0.15) is 0 Å². The SMILES string of the molecule is CCn1cc(Br)cc1C(=O)NCC1(C(=O)O)CCC1. The molecule has 2 rings (SSSR count). The molecule has 0 atom stereocenters. The Hall–Kier alpha value is -1.30. The van der Waals surface area contributed by atoms with E-state index in [9.17, 15) is 14.7 Å². The third kappa shape index (κ3) is 2.68. The molecule has 0 radical (unpaired) electrons. The predicted molar refractivity (Wildman–Crippen MR) is 74.1 cm³/mol. The van der Waals surface area contributed by atoms with Crippen LogP contribution in [0.5, 0.6) is 0 Å². The van der Waals surface area contributed by atoms with Crippen molar-refractivity contribution in [2.24, 2.45) is 5.41 Å². The number of nitrogens with zero attached hydrogens (tertiary/aromatic N) is 1. The Balaban J connectivity index is 2.03. The van der Waals surface area contributed by atoms with Crippen molar-refractivity contribution in [1.82, 2.24) is 9.88 Å². The third-order valence-electron chi connectivity index (χ3n) is 3.79. The molecule has 5 nitrogen and oxygen atoms in total. The average Bonchev–Trinajstić information content (AvgIpc) is 2.68. The van der Waals surface area contributed by atoms with Crippen molar-refractivity contribution in [3.05, 3.63) is 22.4 Å². The number of carboxylic acids is 1. The van der Waals surface area contributed by atoms with Crippen molar-refractivity contribution in [3.63, 3.8) is 0 Å². The number of aryl methyl sites for hydroxylation is 1. The van der Waals surface area contributed by atoms with Crippen molar-refractivity contribution in [2.45, 2.75) is 32.7 Å². The van der Waals surface area contributed by atoms with Crippen LogP contribution in [-0.4, -0.2) is 28.1 Å². The van der Waals surface area contributed by atoms with Gasteiger partial charge in [0.2, 0.25) is 0 Å². The van der Waals surface area contributed by atoms with Crippen LogP contribution in [0, 0.1) is 5.41 Å². The molecule has 0 saturated heterocycles. The molecule has 1 aliphatic carbocycles. The van der Waals surface area contributed by atoms with Crippen molar-refractivity contribution < 1.29 is 14.7 Å². The number of amides is 1. The number of aromatic nitrogens is 1. The molecule has 1 aromatic rings. The standard InChI is InChI=1S/C13H17BrN2O3/c1-2-16-7-9(14)6-10(16)11(17)15-8-13(12(18)19)4-3-5-13/h6-7H,2-5,8H2,1H3,(H,15,17)(H,18,19). The van der Waals surface area contributed by atoms with Gasteiger partial charge in [0, 0.05) is 23.8 Å². The number of carboxylic acid groups (broad SMARTS) is 1. The highest BCUT2D eigenvalue weighted by Crippen LogP contribution is 2.40. The van der Waals surface area contributed by atoms with Gasteiger partial charge < -0.3 is 15.0 Å². The maximum absolute atomic E-state index is 12.1. The summed E-state index contributed by atoms with van der Waals surface area (Å²) in [4.78, 5) is 23.3. The molecular formula is C13H17BrN2O3. The number of carbonyl (C=O) groups is 2. The Kier molecular flexibility index (Phi) is 3.99. The summed E-state index contributed by atoms with van der Waals surface area (Å²) < 4.78 is 2.67. The van der Waals surface area contributed by atoms with Gasteiger partial charge in [-0.3, -0.25) is 9.59 Å². The van der Waals surface area contributed by atoms with Crippen molar-refractivity contribution in [2.75, 3.05) is 6.54 Å². The normalized spacial score (nSPS) is 16.7. The van der Waals surface area contributed by atoms with Gasteiger partial charge in [-0.05, 0) is 41.8 Å². The quantitative estimate of drug-likeness (QED) is 0.870. The summed E-state index contributed by atoms with van der Waals surface area (Å²) in [7, 11) is 0. The van der Waals surface area contributed by atoms with Crippen LogP contribution in [0.4, 0.5) is 0 Å². The van der Waals surface area contributed by atoms with E-state index in [0.29, 0.717) is 25.1 Å². The van der Waals surface area contributed by atoms with Crippen LogP contribution in [0.2, 0.25) is 0 Å². The number of hydrogen-bond donors (Lipinski definition) is 2. The van der Waals surface area contributed by atoms with Crippen LogP contribution in [0.3, 0.4) is 0 Å². The Bertz CT molecular complexity index is 506. The molecule has 0 spiro atoms. The molecule has 1 amide bonds. The molecule has 104 valence electrons. The number of carbonyl (C=O) groups excluding carboxylic acids is 1. The van der Waals surface area contributed by atoms with E-state index in [1.807, 2.05) is 17.7 Å². The Labute approximate surface area is 120 Å². The number of nitrogens with one attached hydrogen (secondary N) is 1. The maximum atomic E-state index is 12.1. The molecule has 1 aromatic heterocycles.